The summed E-state index contributed by atoms with van der Waals surface area (Å²) < 4.78 is 0. The van der Waals surface area contributed by atoms with Crippen LogP contribution < -0.4 is 0 Å². The fraction of sp³-hybridized carbons (Fsp3) is 0.0968. The van der Waals surface area contributed by atoms with E-state index in [0.29, 0.717) is 0 Å². The van der Waals surface area contributed by atoms with Crippen molar-refractivity contribution in [2.45, 2.75) is 18.3 Å². The Morgan fingerprint density at radius 2 is 1.42 bits per heavy atom. The van der Waals surface area contributed by atoms with E-state index in [2.05, 4.69) is 104 Å². The van der Waals surface area contributed by atoms with Gasteiger partial charge < -0.3 is 0 Å². The fourth-order valence-electron chi connectivity index (χ4n) is 5.27. The molecule has 3 aromatic carbocycles. The third-order valence-corrected chi connectivity index (χ3v) is 6.55. The highest BCUT2D eigenvalue weighted by molar-refractivity contribution is 5.94. The lowest BCUT2D eigenvalue weighted by Crippen LogP contribution is -2.29. The van der Waals surface area contributed by atoms with Crippen LogP contribution in [0, 0.1) is 0 Å². The van der Waals surface area contributed by atoms with Crippen LogP contribution >= 0.6 is 0 Å². The van der Waals surface area contributed by atoms with Gasteiger partial charge in [-0.05, 0) is 57.4 Å². The van der Waals surface area contributed by atoms with Crippen molar-refractivity contribution in [2.24, 2.45) is 0 Å². The van der Waals surface area contributed by atoms with E-state index in [1.54, 1.807) is 0 Å². The molecule has 0 saturated heterocycles. The maximum atomic E-state index is 3.97. The summed E-state index contributed by atoms with van der Waals surface area (Å²) in [6.45, 7) is 7.81. The normalized spacial score (nSPS) is 19.7. The molecule has 0 nitrogen and oxygen atoms in total. The van der Waals surface area contributed by atoms with Crippen LogP contribution in [0.25, 0.3) is 11.1 Å². The van der Waals surface area contributed by atoms with Gasteiger partial charge in [0, 0.05) is 0 Å². The van der Waals surface area contributed by atoms with Crippen LogP contribution in [-0.2, 0) is 5.41 Å². The quantitative estimate of drug-likeness (QED) is 0.383. The van der Waals surface area contributed by atoms with Crippen LogP contribution in [0.2, 0.25) is 0 Å². The first-order chi connectivity index (χ1) is 15.3. The summed E-state index contributed by atoms with van der Waals surface area (Å²) >= 11 is 0. The highest BCUT2D eigenvalue weighted by Crippen LogP contribution is 2.58. The van der Waals surface area contributed by atoms with Crippen LogP contribution in [0.5, 0.6) is 0 Å². The Bertz CT molecular complexity index is 1230. The van der Waals surface area contributed by atoms with Crippen molar-refractivity contribution in [3.8, 4) is 0 Å². The molecule has 1 atom stereocenters. The van der Waals surface area contributed by atoms with Crippen LogP contribution in [-0.4, -0.2) is 0 Å². The van der Waals surface area contributed by atoms with E-state index in [4.69, 9.17) is 0 Å². The Hall–Kier alpha value is -3.64. The van der Waals surface area contributed by atoms with Gasteiger partial charge in [0.1, 0.15) is 0 Å². The van der Waals surface area contributed by atoms with Crippen molar-refractivity contribution in [1.29, 1.82) is 0 Å². The molecule has 3 aromatic rings. The molecular weight excluding hydrogens is 372 g/mol. The molecule has 0 heterocycles. The highest BCUT2D eigenvalue weighted by Gasteiger charge is 2.48. The van der Waals surface area contributed by atoms with Crippen LogP contribution in [0.3, 0.4) is 0 Å². The van der Waals surface area contributed by atoms with Crippen molar-refractivity contribution < 1.29 is 0 Å². The van der Waals surface area contributed by atoms with Crippen LogP contribution in [0.1, 0.15) is 40.7 Å². The molecule has 0 fully saturated rings. The number of hydrogen-bond acceptors (Lipinski definition) is 0. The van der Waals surface area contributed by atoms with E-state index in [1.807, 2.05) is 18.2 Å². The van der Waals surface area contributed by atoms with Gasteiger partial charge in [0.25, 0.3) is 0 Å². The van der Waals surface area contributed by atoms with Gasteiger partial charge in [0.15, 0.2) is 0 Å². The molecule has 31 heavy (non-hydrogen) atoms. The zero-order valence-corrected chi connectivity index (χ0v) is 17.7. The molecular formula is C31H26. The molecule has 0 aliphatic heterocycles. The molecule has 0 N–H and O–H groups in total. The van der Waals surface area contributed by atoms with E-state index >= 15 is 0 Å². The van der Waals surface area contributed by atoms with Crippen LogP contribution in [0.15, 0.2) is 128 Å². The number of benzene rings is 3. The van der Waals surface area contributed by atoms with Gasteiger partial charge in [-0.25, -0.2) is 0 Å². The van der Waals surface area contributed by atoms with Gasteiger partial charge in [0.2, 0.25) is 0 Å². The second-order valence-electron chi connectivity index (χ2n) is 8.11. The lowest BCUT2D eigenvalue weighted by atomic mass is 9.66. The zero-order chi connectivity index (χ0) is 21.3. The Balaban J connectivity index is 1.80. The van der Waals surface area contributed by atoms with Crippen molar-refractivity contribution in [3.05, 3.63) is 156 Å². The standard InChI is InChI=1S/C31H26/c1-3-12-23(4-2)24-19-21-26(22-20-24)31(25-13-6-5-7-14-25)29-17-10-8-15-27(29)28-16-9-11-18-30(28)31/h3-8,10,12-22H,1-2,9,11H2/b23-12+. The molecule has 0 radical (unpaired) electrons. The summed E-state index contributed by atoms with van der Waals surface area (Å²) in [4.78, 5) is 0. The Morgan fingerprint density at radius 3 is 2.16 bits per heavy atom. The second-order valence-corrected chi connectivity index (χ2v) is 8.11. The third-order valence-electron chi connectivity index (χ3n) is 6.55. The van der Waals surface area contributed by atoms with E-state index in [-0.39, 0.29) is 5.41 Å². The minimum Gasteiger partial charge on any atom is -0.0990 e. The monoisotopic (exact) mass is 398 g/mol. The Morgan fingerprint density at radius 1 is 0.742 bits per heavy atom. The van der Waals surface area contributed by atoms with Gasteiger partial charge in [-0.2, -0.15) is 0 Å². The van der Waals surface area contributed by atoms with E-state index in [9.17, 15) is 0 Å². The topological polar surface area (TPSA) is 0 Å². The van der Waals surface area contributed by atoms with E-state index in [1.165, 1.54) is 33.4 Å². The van der Waals surface area contributed by atoms with Crippen molar-refractivity contribution in [3.63, 3.8) is 0 Å². The minimum absolute atomic E-state index is 0.293. The molecule has 0 amide bonds. The maximum absolute atomic E-state index is 3.97. The highest BCUT2D eigenvalue weighted by atomic mass is 14.5. The molecule has 2 aliphatic carbocycles. The zero-order valence-electron chi connectivity index (χ0n) is 17.7. The molecule has 2 aliphatic rings. The van der Waals surface area contributed by atoms with Crippen LogP contribution in [0.4, 0.5) is 0 Å². The maximum Gasteiger partial charge on any atom is 0.0710 e. The molecule has 0 spiro atoms. The molecule has 0 saturated carbocycles. The summed E-state index contributed by atoms with van der Waals surface area (Å²) in [7, 11) is 0. The Labute approximate surface area is 185 Å². The van der Waals surface area contributed by atoms with Crippen molar-refractivity contribution in [1.82, 2.24) is 0 Å². The second kappa shape index (κ2) is 7.89. The van der Waals surface area contributed by atoms with Gasteiger partial charge in [0.05, 0.1) is 5.41 Å². The van der Waals surface area contributed by atoms with E-state index < -0.39 is 0 Å². The smallest absolute Gasteiger partial charge is 0.0710 e. The number of fused-ring (bicyclic) bond motifs is 3. The van der Waals surface area contributed by atoms with Gasteiger partial charge >= 0.3 is 0 Å². The summed E-state index contributed by atoms with van der Waals surface area (Å²) in [6, 6.07) is 28.9. The summed E-state index contributed by atoms with van der Waals surface area (Å²) in [5.74, 6) is 0. The average molecular weight is 399 g/mol. The van der Waals surface area contributed by atoms with Crippen molar-refractivity contribution >= 4 is 11.1 Å². The van der Waals surface area contributed by atoms with Crippen molar-refractivity contribution in [2.75, 3.05) is 0 Å². The largest absolute Gasteiger partial charge is 0.0990 e. The predicted molar refractivity (Wildman–Crippen MR) is 133 cm³/mol. The third kappa shape index (κ3) is 2.91. The minimum atomic E-state index is -0.293. The van der Waals surface area contributed by atoms with Gasteiger partial charge in [-0.1, -0.05) is 122 Å². The average Bonchev–Trinajstić information content (AvgIpc) is 3.15. The molecule has 0 bridgehead atoms. The van der Waals surface area contributed by atoms with E-state index in [0.717, 1.165) is 24.0 Å². The number of rotatable bonds is 5. The molecule has 5 rings (SSSR count). The Kier molecular flexibility index (Phi) is 4.92. The molecule has 0 aromatic heterocycles. The summed E-state index contributed by atoms with van der Waals surface area (Å²) in [5, 5.41) is 0. The lowest BCUT2D eigenvalue weighted by molar-refractivity contribution is 0.758. The lowest BCUT2D eigenvalue weighted by Gasteiger charge is -2.35. The molecule has 0 heteroatoms. The molecule has 150 valence electrons. The SMILES string of the molecule is C=C/C=C(\C=C)c1ccc(C2(c3ccccc3)C3=CCCC=C3c3ccccc32)cc1. The first-order valence-corrected chi connectivity index (χ1v) is 10.9. The predicted octanol–water partition coefficient (Wildman–Crippen LogP) is 7.89. The van der Waals surface area contributed by atoms with Gasteiger partial charge in [-0.3, -0.25) is 0 Å². The fourth-order valence-corrected chi connectivity index (χ4v) is 5.27. The number of allylic oxidation sites excluding steroid dienone is 8. The number of hydrogen-bond donors (Lipinski definition) is 0. The van der Waals surface area contributed by atoms with Gasteiger partial charge in [-0.15, -0.1) is 0 Å². The first kappa shape index (κ1) is 19.3. The first-order valence-electron chi connectivity index (χ1n) is 10.9. The summed E-state index contributed by atoms with van der Waals surface area (Å²) in [6.07, 6.45) is 12.8. The summed E-state index contributed by atoms with van der Waals surface area (Å²) in [5.41, 5.74) is 10.1. The molecule has 1 unspecified atom stereocenters.